The molecule has 0 heterocycles. The number of carbonyl (C=O) groups is 2. The van der Waals surface area contributed by atoms with E-state index in [1.165, 1.54) is 6.92 Å². The van der Waals surface area contributed by atoms with Gasteiger partial charge >= 0.3 is 0 Å². The van der Waals surface area contributed by atoms with E-state index in [4.69, 9.17) is 9.47 Å². The third kappa shape index (κ3) is 5.48. The van der Waals surface area contributed by atoms with Gasteiger partial charge in [-0.15, -0.1) is 0 Å². The number of nitrogens with one attached hydrogen (secondary N) is 1. The Morgan fingerprint density at radius 3 is 2.44 bits per heavy atom. The van der Waals surface area contributed by atoms with Crippen LogP contribution in [0.15, 0.2) is 42.5 Å². The van der Waals surface area contributed by atoms with Crippen LogP contribution in [0.3, 0.4) is 0 Å². The van der Waals surface area contributed by atoms with Crippen LogP contribution in [0.4, 0.5) is 5.69 Å². The maximum Gasteiger partial charge on any atom is 0.224 e. The Morgan fingerprint density at radius 2 is 1.81 bits per heavy atom. The van der Waals surface area contributed by atoms with E-state index in [-0.39, 0.29) is 11.8 Å². The first-order chi connectivity index (χ1) is 13.0. The van der Waals surface area contributed by atoms with E-state index in [1.807, 2.05) is 31.2 Å². The second-order valence-electron chi connectivity index (χ2n) is 6.16. The molecule has 0 bridgehead atoms. The number of ether oxygens (including phenoxy) is 2. The van der Waals surface area contributed by atoms with Gasteiger partial charge in [0.25, 0.3) is 0 Å². The zero-order valence-corrected chi connectivity index (χ0v) is 16.2. The molecule has 2 rings (SSSR count). The van der Waals surface area contributed by atoms with Gasteiger partial charge in [0.1, 0.15) is 11.5 Å². The quantitative estimate of drug-likeness (QED) is 0.776. The lowest BCUT2D eigenvalue weighted by Gasteiger charge is -2.24. The van der Waals surface area contributed by atoms with E-state index >= 15 is 0 Å². The van der Waals surface area contributed by atoms with Gasteiger partial charge in [0.2, 0.25) is 11.8 Å². The Labute approximate surface area is 160 Å². The maximum absolute atomic E-state index is 12.2. The van der Waals surface area contributed by atoms with Crippen molar-refractivity contribution in [3.8, 4) is 11.5 Å². The van der Waals surface area contributed by atoms with Gasteiger partial charge in [-0.1, -0.05) is 24.3 Å². The summed E-state index contributed by atoms with van der Waals surface area (Å²) in [4.78, 5) is 25.9. The highest BCUT2D eigenvalue weighted by molar-refractivity contribution is 5.93. The van der Waals surface area contributed by atoms with Crippen LogP contribution in [0.25, 0.3) is 0 Å². The number of carbonyl (C=O) groups excluding carboxylic acids is 2. The normalized spacial score (nSPS) is 10.2. The van der Waals surface area contributed by atoms with Crippen LogP contribution in [-0.4, -0.2) is 39.1 Å². The SMILES string of the molecule is COc1ccc(N(CCNC(=O)Cc2ccccc2C)C(C)=O)c(OC)c1. The zero-order valence-electron chi connectivity index (χ0n) is 16.2. The summed E-state index contributed by atoms with van der Waals surface area (Å²) in [6.07, 6.45) is 0.318. The number of rotatable bonds is 8. The number of methoxy groups -OCH3 is 2. The number of hydrogen-bond donors (Lipinski definition) is 1. The monoisotopic (exact) mass is 370 g/mol. The Balaban J connectivity index is 2.00. The number of anilines is 1. The van der Waals surface area contributed by atoms with Crippen LogP contribution < -0.4 is 19.7 Å². The standard InChI is InChI=1S/C21H26N2O4/c1-15-7-5-6-8-17(15)13-21(25)22-11-12-23(16(2)24)19-10-9-18(26-3)14-20(19)27-4/h5-10,14H,11-13H2,1-4H3,(H,22,25). The van der Waals surface area contributed by atoms with Crippen molar-refractivity contribution in [3.63, 3.8) is 0 Å². The fourth-order valence-electron chi connectivity index (χ4n) is 2.81. The lowest BCUT2D eigenvalue weighted by Crippen LogP contribution is -2.38. The van der Waals surface area contributed by atoms with Crippen molar-refractivity contribution in [2.24, 2.45) is 0 Å². The van der Waals surface area contributed by atoms with Gasteiger partial charge in [-0.25, -0.2) is 0 Å². The number of nitrogens with zero attached hydrogens (tertiary/aromatic N) is 1. The summed E-state index contributed by atoms with van der Waals surface area (Å²) in [5.74, 6) is 0.975. The van der Waals surface area contributed by atoms with Gasteiger partial charge in [-0.05, 0) is 30.2 Å². The van der Waals surface area contributed by atoms with E-state index < -0.39 is 0 Å². The average molecular weight is 370 g/mol. The van der Waals surface area contributed by atoms with Crippen LogP contribution in [-0.2, 0) is 16.0 Å². The summed E-state index contributed by atoms with van der Waals surface area (Å²) in [5.41, 5.74) is 2.72. The molecule has 0 saturated heterocycles. The van der Waals surface area contributed by atoms with E-state index in [2.05, 4.69) is 5.32 Å². The summed E-state index contributed by atoms with van der Waals surface area (Å²) >= 11 is 0. The molecular formula is C21H26N2O4. The zero-order chi connectivity index (χ0) is 19.8. The second-order valence-corrected chi connectivity index (χ2v) is 6.16. The van der Waals surface area contributed by atoms with Crippen molar-refractivity contribution in [3.05, 3.63) is 53.6 Å². The molecule has 2 aromatic rings. The molecule has 0 aliphatic heterocycles. The third-order valence-corrected chi connectivity index (χ3v) is 4.33. The van der Waals surface area contributed by atoms with Crippen molar-refractivity contribution in [2.75, 3.05) is 32.2 Å². The maximum atomic E-state index is 12.2. The Morgan fingerprint density at radius 1 is 1.07 bits per heavy atom. The minimum Gasteiger partial charge on any atom is -0.497 e. The van der Waals surface area contributed by atoms with Crippen LogP contribution in [0, 0.1) is 6.92 Å². The summed E-state index contributed by atoms with van der Waals surface area (Å²) in [7, 11) is 3.11. The number of hydrogen-bond acceptors (Lipinski definition) is 4. The van der Waals surface area contributed by atoms with Crippen molar-refractivity contribution < 1.29 is 19.1 Å². The molecule has 6 heteroatoms. The van der Waals surface area contributed by atoms with Gasteiger partial charge < -0.3 is 19.7 Å². The largest absolute Gasteiger partial charge is 0.497 e. The number of benzene rings is 2. The molecule has 0 aliphatic rings. The molecule has 0 unspecified atom stereocenters. The van der Waals surface area contributed by atoms with Crippen molar-refractivity contribution in [1.82, 2.24) is 5.32 Å². The molecule has 2 aromatic carbocycles. The van der Waals surface area contributed by atoms with Crippen molar-refractivity contribution in [1.29, 1.82) is 0 Å². The molecule has 6 nitrogen and oxygen atoms in total. The number of amides is 2. The van der Waals surface area contributed by atoms with Crippen LogP contribution in [0.1, 0.15) is 18.1 Å². The molecule has 144 valence electrons. The predicted octanol–water partition coefficient (Wildman–Crippen LogP) is 2.72. The fraction of sp³-hybridized carbons (Fsp3) is 0.333. The predicted molar refractivity (Wildman–Crippen MR) is 105 cm³/mol. The van der Waals surface area contributed by atoms with Crippen molar-refractivity contribution in [2.45, 2.75) is 20.3 Å². The first-order valence-corrected chi connectivity index (χ1v) is 8.77. The van der Waals surface area contributed by atoms with Crippen LogP contribution in [0.5, 0.6) is 11.5 Å². The van der Waals surface area contributed by atoms with Gasteiger partial charge in [0.15, 0.2) is 0 Å². The Kier molecular flexibility index (Phi) is 7.23. The molecule has 0 aromatic heterocycles. The van der Waals surface area contributed by atoms with Gasteiger partial charge in [0.05, 0.1) is 26.3 Å². The Bertz CT molecular complexity index is 805. The molecule has 27 heavy (non-hydrogen) atoms. The van der Waals surface area contributed by atoms with Crippen LogP contribution in [0.2, 0.25) is 0 Å². The van der Waals surface area contributed by atoms with Gasteiger partial charge in [0, 0.05) is 26.1 Å². The molecule has 0 atom stereocenters. The molecule has 0 spiro atoms. The first-order valence-electron chi connectivity index (χ1n) is 8.77. The van der Waals surface area contributed by atoms with Crippen molar-refractivity contribution >= 4 is 17.5 Å². The number of aryl methyl sites for hydroxylation is 1. The topological polar surface area (TPSA) is 67.9 Å². The molecule has 1 N–H and O–H groups in total. The molecule has 0 saturated carbocycles. The van der Waals surface area contributed by atoms with Gasteiger partial charge in [-0.2, -0.15) is 0 Å². The lowest BCUT2D eigenvalue weighted by atomic mass is 10.1. The molecule has 0 radical (unpaired) electrons. The summed E-state index contributed by atoms with van der Waals surface area (Å²) < 4.78 is 10.6. The molecule has 0 aliphatic carbocycles. The third-order valence-electron chi connectivity index (χ3n) is 4.33. The van der Waals surface area contributed by atoms with E-state index in [0.29, 0.717) is 36.7 Å². The first kappa shape index (κ1) is 20.3. The van der Waals surface area contributed by atoms with E-state index in [9.17, 15) is 9.59 Å². The fourth-order valence-corrected chi connectivity index (χ4v) is 2.81. The summed E-state index contributed by atoms with van der Waals surface area (Å²) in [5, 5.41) is 2.88. The highest BCUT2D eigenvalue weighted by Crippen LogP contribution is 2.32. The smallest absolute Gasteiger partial charge is 0.224 e. The highest BCUT2D eigenvalue weighted by atomic mass is 16.5. The molecule has 2 amide bonds. The Hall–Kier alpha value is -3.02. The minimum absolute atomic E-state index is 0.0745. The minimum atomic E-state index is -0.133. The lowest BCUT2D eigenvalue weighted by molar-refractivity contribution is -0.121. The van der Waals surface area contributed by atoms with E-state index in [1.54, 1.807) is 37.3 Å². The molecular weight excluding hydrogens is 344 g/mol. The highest BCUT2D eigenvalue weighted by Gasteiger charge is 2.17. The second kappa shape index (κ2) is 9.62. The average Bonchev–Trinajstić information content (AvgIpc) is 2.66. The molecule has 0 fully saturated rings. The summed E-state index contributed by atoms with van der Waals surface area (Å²) in [6.45, 7) is 4.16. The van der Waals surface area contributed by atoms with Gasteiger partial charge in [-0.3, -0.25) is 9.59 Å². The van der Waals surface area contributed by atoms with E-state index in [0.717, 1.165) is 11.1 Å². The van der Waals surface area contributed by atoms with Crippen LogP contribution >= 0.6 is 0 Å². The summed E-state index contributed by atoms with van der Waals surface area (Å²) in [6, 6.07) is 13.1.